The SMILES string of the molecule is CC(c1nc(CCl)cs1)N(C)CC1(O)CCCC1. The Morgan fingerprint density at radius 3 is 2.78 bits per heavy atom. The van der Waals surface area contributed by atoms with Gasteiger partial charge in [-0.25, -0.2) is 4.98 Å². The fraction of sp³-hybridized carbons (Fsp3) is 0.769. The molecule has 0 aromatic carbocycles. The summed E-state index contributed by atoms with van der Waals surface area (Å²) in [6, 6.07) is 0.233. The van der Waals surface area contributed by atoms with Crippen LogP contribution in [0, 0.1) is 0 Å². The lowest BCUT2D eigenvalue weighted by Gasteiger charge is -2.31. The quantitative estimate of drug-likeness (QED) is 0.846. The van der Waals surface area contributed by atoms with Crippen molar-refractivity contribution in [3.63, 3.8) is 0 Å². The number of nitrogens with zero attached hydrogens (tertiary/aromatic N) is 2. The molecule has 1 aliphatic rings. The molecule has 1 aliphatic carbocycles. The number of alkyl halides is 1. The molecular formula is C13H21ClN2OS. The van der Waals surface area contributed by atoms with Gasteiger partial charge in [0.15, 0.2) is 0 Å². The maximum Gasteiger partial charge on any atom is 0.110 e. The minimum atomic E-state index is -0.490. The zero-order chi connectivity index (χ0) is 13.2. The average molecular weight is 289 g/mol. The molecule has 18 heavy (non-hydrogen) atoms. The first kappa shape index (κ1) is 14.3. The van der Waals surface area contributed by atoms with Gasteiger partial charge in [-0.15, -0.1) is 22.9 Å². The Hall–Kier alpha value is -0.160. The summed E-state index contributed by atoms with van der Waals surface area (Å²) in [6.45, 7) is 2.86. The summed E-state index contributed by atoms with van der Waals surface area (Å²) in [7, 11) is 2.06. The molecule has 0 spiro atoms. The van der Waals surface area contributed by atoms with E-state index in [-0.39, 0.29) is 6.04 Å². The molecule has 0 aliphatic heterocycles. The maximum atomic E-state index is 10.4. The lowest BCUT2D eigenvalue weighted by Crippen LogP contribution is -2.40. The number of thiazole rings is 1. The fourth-order valence-corrected chi connectivity index (χ4v) is 3.72. The van der Waals surface area contributed by atoms with Crippen molar-refractivity contribution in [2.75, 3.05) is 13.6 Å². The predicted octanol–water partition coefficient (Wildman–Crippen LogP) is 3.18. The van der Waals surface area contributed by atoms with Gasteiger partial charge in [-0.2, -0.15) is 0 Å². The van der Waals surface area contributed by atoms with E-state index in [0.29, 0.717) is 5.88 Å². The summed E-state index contributed by atoms with van der Waals surface area (Å²) >= 11 is 7.42. The zero-order valence-electron chi connectivity index (χ0n) is 11.0. The molecule has 1 atom stereocenters. The van der Waals surface area contributed by atoms with Crippen LogP contribution in [0.15, 0.2) is 5.38 Å². The van der Waals surface area contributed by atoms with E-state index in [1.54, 1.807) is 11.3 Å². The summed E-state index contributed by atoms with van der Waals surface area (Å²) in [6.07, 6.45) is 4.14. The Balaban J connectivity index is 1.97. The molecule has 1 unspecified atom stereocenters. The fourth-order valence-electron chi connectivity index (χ4n) is 2.56. The van der Waals surface area contributed by atoms with Gasteiger partial charge < -0.3 is 5.11 Å². The molecule has 3 nitrogen and oxygen atoms in total. The molecule has 0 saturated heterocycles. The predicted molar refractivity (Wildman–Crippen MR) is 76.1 cm³/mol. The summed E-state index contributed by atoms with van der Waals surface area (Å²) in [5, 5.41) is 13.5. The normalized spacial score (nSPS) is 20.5. The van der Waals surface area contributed by atoms with Crippen LogP contribution in [-0.2, 0) is 5.88 Å². The van der Waals surface area contributed by atoms with Crippen LogP contribution in [0.1, 0.15) is 49.4 Å². The lowest BCUT2D eigenvalue weighted by molar-refractivity contribution is 0.00693. The molecule has 1 N–H and O–H groups in total. The average Bonchev–Trinajstić information content (AvgIpc) is 2.96. The topological polar surface area (TPSA) is 36.4 Å². The third-order valence-corrected chi connectivity index (χ3v) is 5.14. The Kier molecular flexibility index (Phi) is 4.64. The molecule has 1 fully saturated rings. The number of aliphatic hydroxyl groups is 1. The molecule has 0 amide bonds. The van der Waals surface area contributed by atoms with E-state index in [9.17, 15) is 5.11 Å². The van der Waals surface area contributed by atoms with Crippen LogP contribution in [0.25, 0.3) is 0 Å². The van der Waals surface area contributed by atoms with Crippen molar-refractivity contribution in [1.29, 1.82) is 0 Å². The Morgan fingerprint density at radius 1 is 1.56 bits per heavy atom. The van der Waals surface area contributed by atoms with E-state index < -0.39 is 5.60 Å². The number of likely N-dealkylation sites (N-methyl/N-ethyl adjacent to an activating group) is 1. The van der Waals surface area contributed by atoms with Gasteiger partial charge in [0.25, 0.3) is 0 Å². The number of hydrogen-bond acceptors (Lipinski definition) is 4. The van der Waals surface area contributed by atoms with Crippen LogP contribution in [0.2, 0.25) is 0 Å². The van der Waals surface area contributed by atoms with Gasteiger partial charge in [0.1, 0.15) is 5.01 Å². The second kappa shape index (κ2) is 5.87. The van der Waals surface area contributed by atoms with Gasteiger partial charge in [0.05, 0.1) is 23.2 Å². The van der Waals surface area contributed by atoms with Gasteiger partial charge in [0, 0.05) is 11.9 Å². The summed E-state index contributed by atoms with van der Waals surface area (Å²) in [5.74, 6) is 0.469. The first-order valence-corrected chi connectivity index (χ1v) is 7.88. The largest absolute Gasteiger partial charge is 0.389 e. The minimum absolute atomic E-state index is 0.233. The second-order valence-corrected chi connectivity index (χ2v) is 6.49. The van der Waals surface area contributed by atoms with Crippen molar-refractivity contribution in [3.05, 3.63) is 16.1 Å². The molecule has 1 aromatic heterocycles. The third-order valence-electron chi connectivity index (χ3n) is 3.80. The maximum absolute atomic E-state index is 10.4. The smallest absolute Gasteiger partial charge is 0.110 e. The minimum Gasteiger partial charge on any atom is -0.389 e. The Labute approximate surface area is 118 Å². The summed E-state index contributed by atoms with van der Waals surface area (Å²) < 4.78 is 0. The highest BCUT2D eigenvalue weighted by atomic mass is 35.5. The number of rotatable bonds is 5. The van der Waals surface area contributed by atoms with Crippen molar-refractivity contribution in [3.8, 4) is 0 Å². The highest BCUT2D eigenvalue weighted by molar-refractivity contribution is 7.09. The van der Waals surface area contributed by atoms with Crippen LogP contribution in [0.4, 0.5) is 0 Å². The van der Waals surface area contributed by atoms with Crippen molar-refractivity contribution in [2.24, 2.45) is 0 Å². The van der Waals surface area contributed by atoms with Crippen molar-refractivity contribution in [2.45, 2.75) is 50.1 Å². The number of aromatic nitrogens is 1. The van der Waals surface area contributed by atoms with Gasteiger partial charge in [-0.3, -0.25) is 4.90 Å². The van der Waals surface area contributed by atoms with Gasteiger partial charge >= 0.3 is 0 Å². The molecule has 0 bridgehead atoms. The summed E-state index contributed by atoms with van der Waals surface area (Å²) in [4.78, 5) is 6.71. The van der Waals surface area contributed by atoms with Crippen LogP contribution < -0.4 is 0 Å². The lowest BCUT2D eigenvalue weighted by atomic mass is 10.0. The van der Waals surface area contributed by atoms with Gasteiger partial charge in [0.2, 0.25) is 0 Å². The van der Waals surface area contributed by atoms with Crippen LogP contribution >= 0.6 is 22.9 Å². The molecule has 1 heterocycles. The second-order valence-electron chi connectivity index (χ2n) is 5.33. The monoisotopic (exact) mass is 288 g/mol. The first-order chi connectivity index (χ1) is 8.54. The standard InChI is InChI=1S/C13H21ClN2OS/c1-10(12-15-11(7-14)8-18-12)16(2)9-13(17)5-3-4-6-13/h8,10,17H,3-7,9H2,1-2H3. The van der Waals surface area contributed by atoms with E-state index in [2.05, 4.69) is 23.9 Å². The number of hydrogen-bond donors (Lipinski definition) is 1. The molecule has 102 valence electrons. The Morgan fingerprint density at radius 2 is 2.22 bits per heavy atom. The first-order valence-electron chi connectivity index (χ1n) is 6.47. The van der Waals surface area contributed by atoms with E-state index in [1.165, 1.54) is 0 Å². The van der Waals surface area contributed by atoms with Gasteiger partial charge in [-0.1, -0.05) is 12.8 Å². The van der Waals surface area contributed by atoms with E-state index in [0.717, 1.165) is 42.9 Å². The summed E-state index contributed by atoms with van der Waals surface area (Å²) in [5.41, 5.74) is 0.451. The van der Waals surface area contributed by atoms with Crippen molar-refractivity contribution >= 4 is 22.9 Å². The van der Waals surface area contributed by atoms with E-state index >= 15 is 0 Å². The van der Waals surface area contributed by atoms with Crippen molar-refractivity contribution in [1.82, 2.24) is 9.88 Å². The molecular weight excluding hydrogens is 268 g/mol. The van der Waals surface area contributed by atoms with Crippen molar-refractivity contribution < 1.29 is 5.11 Å². The molecule has 0 radical (unpaired) electrons. The molecule has 2 rings (SSSR count). The van der Waals surface area contributed by atoms with E-state index in [1.807, 2.05) is 5.38 Å². The third kappa shape index (κ3) is 3.23. The molecule has 1 aromatic rings. The van der Waals surface area contributed by atoms with Gasteiger partial charge in [-0.05, 0) is 26.8 Å². The molecule has 1 saturated carbocycles. The zero-order valence-corrected chi connectivity index (χ0v) is 12.6. The van der Waals surface area contributed by atoms with Crippen LogP contribution in [-0.4, -0.2) is 34.2 Å². The highest BCUT2D eigenvalue weighted by Gasteiger charge is 2.33. The van der Waals surface area contributed by atoms with Crippen LogP contribution in [0.5, 0.6) is 0 Å². The van der Waals surface area contributed by atoms with E-state index in [4.69, 9.17) is 11.6 Å². The Bertz CT molecular complexity index is 390. The highest BCUT2D eigenvalue weighted by Crippen LogP contribution is 2.32. The molecule has 5 heteroatoms. The van der Waals surface area contributed by atoms with Crippen LogP contribution in [0.3, 0.4) is 0 Å². The number of halogens is 1.